The zero-order chi connectivity index (χ0) is 14.2. The van der Waals surface area contributed by atoms with Gasteiger partial charge in [0.15, 0.2) is 0 Å². The fourth-order valence-electron chi connectivity index (χ4n) is 1.96. The number of carboxylic acids is 1. The van der Waals surface area contributed by atoms with Gasteiger partial charge in [-0.25, -0.2) is 4.39 Å². The number of anilines is 1. The largest absolute Gasteiger partial charge is 0.480 e. The van der Waals surface area contributed by atoms with E-state index < -0.39 is 23.1 Å². The number of carbonyl (C=O) groups excluding carboxylic acids is 1. The van der Waals surface area contributed by atoms with E-state index in [-0.39, 0.29) is 15.2 Å². The average molecular weight is 351 g/mol. The highest BCUT2D eigenvalue weighted by Gasteiger charge is 2.51. The molecule has 0 saturated heterocycles. The number of hydrogen-bond donors (Lipinski definition) is 2. The van der Waals surface area contributed by atoms with E-state index >= 15 is 0 Å². The van der Waals surface area contributed by atoms with Gasteiger partial charge in [0.2, 0.25) is 5.91 Å². The minimum absolute atomic E-state index is 0.0140. The Balaban J connectivity index is 2.27. The van der Waals surface area contributed by atoms with Gasteiger partial charge < -0.3 is 10.4 Å². The molecule has 1 aromatic carbocycles. The maximum Gasteiger partial charge on any atom is 0.319 e. The highest BCUT2D eigenvalue weighted by Crippen LogP contribution is 2.43. The van der Waals surface area contributed by atoms with Crippen molar-refractivity contribution in [3.05, 3.63) is 27.4 Å². The first-order valence-corrected chi connectivity index (χ1v) is 6.73. The Hall–Kier alpha value is -1.14. The minimum Gasteiger partial charge on any atom is -0.480 e. The molecule has 0 aromatic heterocycles. The van der Waals surface area contributed by atoms with Crippen molar-refractivity contribution in [1.29, 1.82) is 0 Å². The minimum atomic E-state index is -1.39. The van der Waals surface area contributed by atoms with Gasteiger partial charge in [0, 0.05) is 4.47 Å². The smallest absolute Gasteiger partial charge is 0.319 e. The molecular weight excluding hydrogens is 340 g/mol. The Morgan fingerprint density at radius 2 is 2.05 bits per heavy atom. The molecule has 19 heavy (non-hydrogen) atoms. The monoisotopic (exact) mass is 349 g/mol. The number of nitrogens with one attached hydrogen (secondary N) is 1. The number of hydrogen-bond acceptors (Lipinski definition) is 2. The van der Waals surface area contributed by atoms with Crippen molar-refractivity contribution < 1.29 is 19.1 Å². The van der Waals surface area contributed by atoms with Crippen LogP contribution >= 0.6 is 27.5 Å². The standard InChI is InChI=1S/C12H10BrClFNO3/c13-7-4-6(15)5-8(14)9(7)16-10(17)12(11(18)19)2-1-3-12/h4-5H,1-3H2,(H,16,17)(H,18,19). The van der Waals surface area contributed by atoms with Crippen molar-refractivity contribution in [2.24, 2.45) is 5.41 Å². The normalized spacial score (nSPS) is 16.6. The van der Waals surface area contributed by atoms with Crippen molar-refractivity contribution in [3.63, 3.8) is 0 Å². The molecule has 0 aliphatic heterocycles. The topological polar surface area (TPSA) is 66.4 Å². The summed E-state index contributed by atoms with van der Waals surface area (Å²) in [6.45, 7) is 0. The molecule has 0 radical (unpaired) electrons. The molecule has 0 unspecified atom stereocenters. The van der Waals surface area contributed by atoms with Crippen LogP contribution in [-0.4, -0.2) is 17.0 Å². The summed E-state index contributed by atoms with van der Waals surface area (Å²) in [5.74, 6) is -2.32. The number of halogens is 3. The summed E-state index contributed by atoms with van der Waals surface area (Å²) in [7, 11) is 0. The van der Waals surface area contributed by atoms with Crippen LogP contribution in [0.1, 0.15) is 19.3 Å². The van der Waals surface area contributed by atoms with E-state index in [9.17, 15) is 14.0 Å². The molecule has 1 aliphatic rings. The molecule has 0 atom stereocenters. The summed E-state index contributed by atoms with van der Waals surface area (Å²) in [6, 6.07) is 2.20. The van der Waals surface area contributed by atoms with Crippen LogP contribution in [0, 0.1) is 11.2 Å². The van der Waals surface area contributed by atoms with Crippen LogP contribution in [-0.2, 0) is 9.59 Å². The maximum atomic E-state index is 13.1. The molecule has 1 aliphatic carbocycles. The average Bonchev–Trinajstić information content (AvgIpc) is 2.20. The lowest BCUT2D eigenvalue weighted by atomic mass is 9.68. The van der Waals surface area contributed by atoms with Gasteiger partial charge in [-0.3, -0.25) is 9.59 Å². The van der Waals surface area contributed by atoms with E-state index in [2.05, 4.69) is 21.2 Å². The molecule has 1 amide bonds. The Labute approximate surface area is 122 Å². The lowest BCUT2D eigenvalue weighted by Gasteiger charge is -2.35. The van der Waals surface area contributed by atoms with Gasteiger partial charge in [0.25, 0.3) is 0 Å². The number of carboxylic acid groups (broad SMARTS) is 1. The molecule has 1 aromatic rings. The van der Waals surface area contributed by atoms with Crippen molar-refractivity contribution in [2.75, 3.05) is 5.32 Å². The Morgan fingerprint density at radius 3 is 2.47 bits per heavy atom. The summed E-state index contributed by atoms with van der Waals surface area (Å²) in [6.07, 6.45) is 1.28. The zero-order valence-electron chi connectivity index (χ0n) is 9.67. The third-order valence-electron chi connectivity index (χ3n) is 3.30. The summed E-state index contributed by atoms with van der Waals surface area (Å²) >= 11 is 8.92. The predicted molar refractivity (Wildman–Crippen MR) is 71.7 cm³/mol. The molecule has 2 rings (SSSR count). The zero-order valence-corrected chi connectivity index (χ0v) is 12.0. The number of rotatable bonds is 3. The lowest BCUT2D eigenvalue weighted by molar-refractivity contribution is -0.159. The first kappa shape index (κ1) is 14.3. The van der Waals surface area contributed by atoms with Gasteiger partial charge in [-0.2, -0.15) is 0 Å². The van der Waals surface area contributed by atoms with E-state index in [0.717, 1.165) is 12.1 Å². The van der Waals surface area contributed by atoms with Gasteiger partial charge in [0.05, 0.1) is 10.7 Å². The van der Waals surface area contributed by atoms with Crippen molar-refractivity contribution in [2.45, 2.75) is 19.3 Å². The number of carbonyl (C=O) groups is 2. The lowest BCUT2D eigenvalue weighted by Crippen LogP contribution is -2.48. The van der Waals surface area contributed by atoms with E-state index in [4.69, 9.17) is 16.7 Å². The maximum absolute atomic E-state index is 13.1. The van der Waals surface area contributed by atoms with E-state index in [1.807, 2.05) is 0 Å². The molecular formula is C12H10BrClFNO3. The Kier molecular flexibility index (Phi) is 3.82. The molecule has 0 spiro atoms. The second-order valence-corrected chi connectivity index (χ2v) is 5.70. The molecule has 1 fully saturated rings. The molecule has 7 heteroatoms. The molecule has 4 nitrogen and oxygen atoms in total. The highest BCUT2D eigenvalue weighted by atomic mass is 79.9. The van der Waals surface area contributed by atoms with Crippen LogP contribution in [0.15, 0.2) is 16.6 Å². The number of amides is 1. The SMILES string of the molecule is O=C(O)C1(C(=O)Nc2c(Cl)cc(F)cc2Br)CCC1. The van der Waals surface area contributed by atoms with Gasteiger partial charge >= 0.3 is 5.97 Å². The summed E-state index contributed by atoms with van der Waals surface area (Å²) < 4.78 is 13.3. The van der Waals surface area contributed by atoms with Gasteiger partial charge in [-0.1, -0.05) is 18.0 Å². The van der Waals surface area contributed by atoms with E-state index in [1.54, 1.807) is 0 Å². The summed E-state index contributed by atoms with van der Waals surface area (Å²) in [5, 5.41) is 11.6. The first-order chi connectivity index (χ1) is 8.86. The molecule has 0 heterocycles. The Bertz CT molecular complexity index is 537. The molecule has 1 saturated carbocycles. The third-order valence-corrected chi connectivity index (χ3v) is 4.22. The van der Waals surface area contributed by atoms with Gasteiger partial charge in [0.1, 0.15) is 11.2 Å². The fraction of sp³-hybridized carbons (Fsp3) is 0.333. The number of benzene rings is 1. The second-order valence-electron chi connectivity index (χ2n) is 4.44. The second kappa shape index (κ2) is 5.09. The van der Waals surface area contributed by atoms with E-state index in [0.29, 0.717) is 19.3 Å². The third kappa shape index (κ3) is 2.47. The van der Waals surface area contributed by atoms with Gasteiger partial charge in [-0.05, 0) is 40.9 Å². The molecule has 102 valence electrons. The van der Waals surface area contributed by atoms with Crippen molar-refractivity contribution in [1.82, 2.24) is 0 Å². The van der Waals surface area contributed by atoms with Crippen molar-refractivity contribution in [3.8, 4) is 0 Å². The summed E-state index contributed by atoms with van der Waals surface area (Å²) in [4.78, 5) is 23.3. The van der Waals surface area contributed by atoms with Crippen LogP contribution in [0.4, 0.5) is 10.1 Å². The first-order valence-electron chi connectivity index (χ1n) is 5.56. The van der Waals surface area contributed by atoms with Crippen LogP contribution < -0.4 is 5.32 Å². The van der Waals surface area contributed by atoms with Crippen LogP contribution in [0.5, 0.6) is 0 Å². The fourth-order valence-corrected chi connectivity index (χ4v) is 2.86. The number of aliphatic carboxylic acids is 1. The van der Waals surface area contributed by atoms with Gasteiger partial charge in [-0.15, -0.1) is 0 Å². The molecule has 2 N–H and O–H groups in total. The van der Waals surface area contributed by atoms with Crippen LogP contribution in [0.3, 0.4) is 0 Å². The quantitative estimate of drug-likeness (QED) is 0.821. The van der Waals surface area contributed by atoms with Crippen molar-refractivity contribution >= 4 is 45.1 Å². The Morgan fingerprint density at radius 1 is 1.42 bits per heavy atom. The summed E-state index contributed by atoms with van der Waals surface area (Å²) in [5.41, 5.74) is -1.21. The molecule has 0 bridgehead atoms. The van der Waals surface area contributed by atoms with Crippen LogP contribution in [0.2, 0.25) is 5.02 Å². The van der Waals surface area contributed by atoms with E-state index in [1.165, 1.54) is 0 Å². The highest BCUT2D eigenvalue weighted by molar-refractivity contribution is 9.10. The van der Waals surface area contributed by atoms with Crippen LogP contribution in [0.25, 0.3) is 0 Å². The predicted octanol–water partition coefficient (Wildman–Crippen LogP) is 3.44.